The Hall–Kier alpha value is -2.97. The van der Waals surface area contributed by atoms with Gasteiger partial charge in [0.15, 0.2) is 5.82 Å². The van der Waals surface area contributed by atoms with E-state index in [0.717, 1.165) is 30.9 Å². The fourth-order valence-electron chi connectivity index (χ4n) is 3.55. The zero-order valence-electron chi connectivity index (χ0n) is 17.5. The van der Waals surface area contributed by atoms with Crippen LogP contribution in [0.4, 0.5) is 0 Å². The van der Waals surface area contributed by atoms with E-state index in [0.29, 0.717) is 35.3 Å². The molecule has 162 valence electrons. The van der Waals surface area contributed by atoms with E-state index in [2.05, 4.69) is 19.6 Å². The second kappa shape index (κ2) is 10.4. The van der Waals surface area contributed by atoms with Gasteiger partial charge in [0.2, 0.25) is 0 Å². The second-order valence-electron chi connectivity index (χ2n) is 7.44. The summed E-state index contributed by atoms with van der Waals surface area (Å²) in [5, 5.41) is 3.43. The molecule has 1 aliphatic heterocycles. The summed E-state index contributed by atoms with van der Waals surface area (Å²) in [6.07, 6.45) is 3.09. The highest BCUT2D eigenvalue weighted by atomic mass is 32.1. The molecule has 0 radical (unpaired) electrons. The minimum Gasteiger partial charge on any atom is -0.497 e. The number of rotatable bonds is 9. The highest BCUT2D eigenvalue weighted by Crippen LogP contribution is 2.25. The lowest BCUT2D eigenvalue weighted by molar-refractivity contribution is 0.0949. The van der Waals surface area contributed by atoms with Crippen LogP contribution in [0.1, 0.15) is 34.6 Å². The fraction of sp³-hybridized carbons (Fsp3) is 0.348. The highest BCUT2D eigenvalue weighted by Gasteiger charge is 2.13. The van der Waals surface area contributed by atoms with Crippen molar-refractivity contribution in [3.8, 4) is 16.7 Å². The van der Waals surface area contributed by atoms with Crippen LogP contribution in [0.3, 0.4) is 0 Å². The number of hydrogen-bond acceptors (Lipinski definition) is 7. The molecule has 1 fully saturated rings. The molecule has 3 aromatic rings. The maximum Gasteiger partial charge on any atom is 0.298 e. The number of hydrogen-bond donors (Lipinski definition) is 1. The average molecular weight is 439 g/mol. The molecule has 2 aromatic carbocycles. The number of ether oxygens (including phenoxy) is 2. The third-order valence-electron chi connectivity index (χ3n) is 5.16. The Bertz CT molecular complexity index is 1020. The Kier molecular flexibility index (Phi) is 7.11. The quantitative estimate of drug-likeness (QED) is 0.548. The van der Waals surface area contributed by atoms with Gasteiger partial charge < -0.3 is 19.7 Å². The minimum absolute atomic E-state index is 0.0966. The van der Waals surface area contributed by atoms with Crippen molar-refractivity contribution in [2.24, 2.45) is 0 Å². The van der Waals surface area contributed by atoms with Crippen molar-refractivity contribution >= 4 is 17.4 Å². The van der Waals surface area contributed by atoms with Crippen LogP contribution in [-0.2, 0) is 6.42 Å². The molecular formula is C23H26N4O3S. The molecule has 0 saturated carbocycles. The van der Waals surface area contributed by atoms with Crippen LogP contribution in [0.25, 0.3) is 0 Å². The number of amides is 1. The second-order valence-corrected chi connectivity index (χ2v) is 8.15. The van der Waals surface area contributed by atoms with Gasteiger partial charge in [0.25, 0.3) is 11.1 Å². The lowest BCUT2D eigenvalue weighted by atomic mass is 10.1. The van der Waals surface area contributed by atoms with Crippen molar-refractivity contribution in [2.75, 3.05) is 33.3 Å². The van der Waals surface area contributed by atoms with Gasteiger partial charge in [0.05, 0.1) is 7.11 Å². The molecule has 1 N–H and O–H groups in total. The van der Waals surface area contributed by atoms with E-state index < -0.39 is 0 Å². The Morgan fingerprint density at radius 1 is 1.13 bits per heavy atom. The summed E-state index contributed by atoms with van der Waals surface area (Å²) < 4.78 is 15.5. The molecule has 0 bridgehead atoms. The molecule has 1 aliphatic rings. The van der Waals surface area contributed by atoms with Crippen molar-refractivity contribution in [2.45, 2.75) is 19.3 Å². The van der Waals surface area contributed by atoms with Crippen molar-refractivity contribution in [3.05, 3.63) is 65.5 Å². The summed E-state index contributed by atoms with van der Waals surface area (Å²) in [7, 11) is 1.65. The standard InChI is InChI=1S/C23H26N4O3S/c1-29-19-8-4-6-17(14-19)15-21-25-23(31-26-21)30-20-9-5-7-18(16-20)22(28)24-10-13-27-11-2-3-12-27/h4-9,14,16H,2-3,10-13,15H2,1H3,(H,24,28). The molecule has 7 nitrogen and oxygen atoms in total. The number of benzene rings is 2. The predicted molar refractivity (Wildman–Crippen MR) is 120 cm³/mol. The maximum atomic E-state index is 12.5. The minimum atomic E-state index is -0.0966. The molecule has 0 atom stereocenters. The number of methoxy groups -OCH3 is 1. The molecule has 31 heavy (non-hydrogen) atoms. The van der Waals surface area contributed by atoms with Gasteiger partial charge in [0.1, 0.15) is 11.5 Å². The van der Waals surface area contributed by atoms with Crippen LogP contribution in [-0.4, -0.2) is 53.5 Å². The predicted octanol–water partition coefficient (Wildman–Crippen LogP) is 3.76. The van der Waals surface area contributed by atoms with E-state index >= 15 is 0 Å². The Balaban J connectivity index is 1.32. The van der Waals surface area contributed by atoms with Gasteiger partial charge in [-0.3, -0.25) is 4.79 Å². The monoisotopic (exact) mass is 438 g/mol. The van der Waals surface area contributed by atoms with Gasteiger partial charge in [0, 0.05) is 36.6 Å². The molecule has 1 aromatic heterocycles. The Morgan fingerprint density at radius 3 is 2.77 bits per heavy atom. The first-order valence-corrected chi connectivity index (χ1v) is 11.2. The molecule has 8 heteroatoms. The van der Waals surface area contributed by atoms with Gasteiger partial charge in [-0.05, 0) is 61.8 Å². The number of carbonyl (C=O) groups excluding carboxylic acids is 1. The number of carbonyl (C=O) groups is 1. The Labute approximate surface area is 186 Å². The van der Waals surface area contributed by atoms with Crippen molar-refractivity contribution in [3.63, 3.8) is 0 Å². The van der Waals surface area contributed by atoms with Gasteiger partial charge >= 0.3 is 0 Å². The summed E-state index contributed by atoms with van der Waals surface area (Å²) in [5.41, 5.74) is 1.64. The van der Waals surface area contributed by atoms with Crippen LogP contribution in [0, 0.1) is 0 Å². The van der Waals surface area contributed by atoms with Crippen molar-refractivity contribution < 1.29 is 14.3 Å². The summed E-state index contributed by atoms with van der Waals surface area (Å²) in [5.74, 6) is 1.96. The van der Waals surface area contributed by atoms with Crippen LogP contribution in [0.5, 0.6) is 16.7 Å². The fourth-order valence-corrected chi connectivity index (χ4v) is 4.12. The van der Waals surface area contributed by atoms with Gasteiger partial charge in [-0.15, -0.1) is 0 Å². The summed E-state index contributed by atoms with van der Waals surface area (Å²) in [6.45, 7) is 3.79. The van der Waals surface area contributed by atoms with Crippen LogP contribution in [0.2, 0.25) is 0 Å². The van der Waals surface area contributed by atoms with Crippen molar-refractivity contribution in [1.82, 2.24) is 19.6 Å². The third-order valence-corrected chi connectivity index (χ3v) is 5.79. The molecule has 0 unspecified atom stereocenters. The molecule has 1 saturated heterocycles. The van der Waals surface area contributed by atoms with E-state index in [1.807, 2.05) is 36.4 Å². The zero-order chi connectivity index (χ0) is 21.5. The normalized spacial score (nSPS) is 13.8. The molecule has 0 spiro atoms. The van der Waals surface area contributed by atoms with Crippen molar-refractivity contribution in [1.29, 1.82) is 0 Å². The van der Waals surface area contributed by atoms with Crippen LogP contribution < -0.4 is 14.8 Å². The van der Waals surface area contributed by atoms with Crippen LogP contribution >= 0.6 is 11.5 Å². The number of nitrogens with one attached hydrogen (secondary N) is 1. The van der Waals surface area contributed by atoms with E-state index in [-0.39, 0.29) is 5.91 Å². The molecule has 4 rings (SSSR count). The molecule has 0 aliphatic carbocycles. The molecule has 1 amide bonds. The summed E-state index contributed by atoms with van der Waals surface area (Å²) in [6, 6.07) is 15.0. The van der Waals surface area contributed by atoms with Gasteiger partial charge in [-0.1, -0.05) is 18.2 Å². The lowest BCUT2D eigenvalue weighted by Crippen LogP contribution is -2.33. The first kappa shape index (κ1) is 21.3. The van der Waals surface area contributed by atoms with E-state index in [1.165, 1.54) is 24.4 Å². The number of likely N-dealkylation sites (tertiary alicyclic amines) is 1. The smallest absolute Gasteiger partial charge is 0.298 e. The van der Waals surface area contributed by atoms with E-state index in [1.54, 1.807) is 19.2 Å². The topological polar surface area (TPSA) is 76.6 Å². The Morgan fingerprint density at radius 2 is 1.94 bits per heavy atom. The molecule has 2 heterocycles. The number of aromatic nitrogens is 2. The maximum absolute atomic E-state index is 12.5. The zero-order valence-corrected chi connectivity index (χ0v) is 18.4. The van der Waals surface area contributed by atoms with E-state index in [9.17, 15) is 4.79 Å². The van der Waals surface area contributed by atoms with Gasteiger partial charge in [-0.2, -0.15) is 9.36 Å². The summed E-state index contributed by atoms with van der Waals surface area (Å²) >= 11 is 1.20. The first-order chi connectivity index (χ1) is 15.2. The SMILES string of the molecule is COc1cccc(Cc2nsc(Oc3cccc(C(=O)NCCN4CCCC4)c3)n2)c1. The highest BCUT2D eigenvalue weighted by molar-refractivity contribution is 7.07. The lowest BCUT2D eigenvalue weighted by Gasteiger charge is -2.14. The largest absolute Gasteiger partial charge is 0.497 e. The van der Waals surface area contributed by atoms with Crippen LogP contribution in [0.15, 0.2) is 48.5 Å². The van der Waals surface area contributed by atoms with Gasteiger partial charge in [-0.25, -0.2) is 0 Å². The average Bonchev–Trinajstić information content (AvgIpc) is 3.46. The van der Waals surface area contributed by atoms with E-state index in [4.69, 9.17) is 9.47 Å². The summed E-state index contributed by atoms with van der Waals surface area (Å²) in [4.78, 5) is 19.3. The molecular weight excluding hydrogens is 412 g/mol. The first-order valence-electron chi connectivity index (χ1n) is 10.4. The number of nitrogens with zero attached hydrogens (tertiary/aromatic N) is 3. The third kappa shape index (κ3) is 6.02.